The standard InChI is InChI=1S/C15H14ClF2NO/c16-13-3-1-2-10(6-7-19)15(13)20-9-11-8-12(17)4-5-14(11)18/h1-5,8H,6-7,9,19H2. The first-order valence-corrected chi connectivity index (χ1v) is 6.54. The third-order valence-electron chi connectivity index (χ3n) is 2.84. The highest BCUT2D eigenvalue weighted by molar-refractivity contribution is 6.32. The van der Waals surface area contributed by atoms with Crippen molar-refractivity contribution < 1.29 is 13.5 Å². The predicted molar refractivity (Wildman–Crippen MR) is 74.9 cm³/mol. The number of hydrogen-bond donors (Lipinski definition) is 1. The van der Waals surface area contributed by atoms with Crippen LogP contribution in [0.2, 0.25) is 5.02 Å². The maximum absolute atomic E-state index is 13.5. The van der Waals surface area contributed by atoms with Crippen LogP contribution in [-0.4, -0.2) is 6.54 Å². The molecule has 0 aliphatic rings. The summed E-state index contributed by atoms with van der Waals surface area (Å²) in [7, 11) is 0. The van der Waals surface area contributed by atoms with Crippen LogP contribution < -0.4 is 10.5 Å². The summed E-state index contributed by atoms with van der Waals surface area (Å²) >= 11 is 6.07. The number of hydrogen-bond acceptors (Lipinski definition) is 2. The molecule has 2 aromatic rings. The van der Waals surface area contributed by atoms with Crippen LogP contribution in [0.25, 0.3) is 0 Å². The van der Waals surface area contributed by atoms with Crippen molar-refractivity contribution in [2.24, 2.45) is 5.73 Å². The zero-order valence-corrected chi connectivity index (χ0v) is 11.5. The molecular formula is C15H14ClF2NO. The zero-order chi connectivity index (χ0) is 14.5. The van der Waals surface area contributed by atoms with E-state index in [1.165, 1.54) is 0 Å². The lowest BCUT2D eigenvalue weighted by molar-refractivity contribution is 0.296. The Balaban J connectivity index is 2.20. The number of ether oxygens (including phenoxy) is 1. The van der Waals surface area contributed by atoms with Gasteiger partial charge in [-0.3, -0.25) is 0 Å². The van der Waals surface area contributed by atoms with E-state index in [-0.39, 0.29) is 12.2 Å². The Bertz CT molecular complexity index is 604. The molecule has 2 rings (SSSR count). The Kier molecular flexibility index (Phi) is 4.93. The van der Waals surface area contributed by atoms with Gasteiger partial charge in [-0.2, -0.15) is 0 Å². The molecule has 0 aliphatic carbocycles. The molecule has 0 saturated carbocycles. The Morgan fingerprint density at radius 3 is 2.65 bits per heavy atom. The topological polar surface area (TPSA) is 35.2 Å². The van der Waals surface area contributed by atoms with Crippen molar-refractivity contribution in [3.05, 3.63) is 64.2 Å². The van der Waals surface area contributed by atoms with Crippen LogP contribution in [0.4, 0.5) is 8.78 Å². The van der Waals surface area contributed by atoms with E-state index in [0.717, 1.165) is 23.8 Å². The van der Waals surface area contributed by atoms with Crippen molar-refractivity contribution in [3.63, 3.8) is 0 Å². The van der Waals surface area contributed by atoms with E-state index in [1.807, 2.05) is 6.07 Å². The largest absolute Gasteiger partial charge is 0.487 e. The van der Waals surface area contributed by atoms with Gasteiger partial charge in [0, 0.05) is 5.56 Å². The number of rotatable bonds is 5. The molecule has 5 heteroatoms. The summed E-state index contributed by atoms with van der Waals surface area (Å²) in [6.45, 7) is 0.357. The highest BCUT2D eigenvalue weighted by Gasteiger charge is 2.10. The van der Waals surface area contributed by atoms with Crippen molar-refractivity contribution >= 4 is 11.6 Å². The van der Waals surface area contributed by atoms with Crippen LogP contribution in [0.1, 0.15) is 11.1 Å². The van der Waals surface area contributed by atoms with E-state index in [9.17, 15) is 8.78 Å². The SMILES string of the molecule is NCCc1cccc(Cl)c1OCc1cc(F)ccc1F. The van der Waals surface area contributed by atoms with E-state index < -0.39 is 11.6 Å². The van der Waals surface area contributed by atoms with Crippen LogP contribution in [0.5, 0.6) is 5.75 Å². The molecule has 0 aliphatic heterocycles. The minimum Gasteiger partial charge on any atom is -0.487 e. The van der Waals surface area contributed by atoms with Crippen LogP contribution in [0.15, 0.2) is 36.4 Å². The fourth-order valence-corrected chi connectivity index (χ4v) is 2.12. The minimum atomic E-state index is -0.515. The molecule has 0 heterocycles. The lowest BCUT2D eigenvalue weighted by Gasteiger charge is -2.13. The van der Waals surface area contributed by atoms with E-state index in [4.69, 9.17) is 22.1 Å². The molecular weight excluding hydrogens is 284 g/mol. The first-order valence-electron chi connectivity index (χ1n) is 6.16. The van der Waals surface area contributed by atoms with Crippen LogP contribution >= 0.6 is 11.6 Å². The molecule has 0 bridgehead atoms. The third-order valence-corrected chi connectivity index (χ3v) is 3.14. The highest BCUT2D eigenvalue weighted by Crippen LogP contribution is 2.30. The van der Waals surface area contributed by atoms with Crippen molar-refractivity contribution in [2.45, 2.75) is 13.0 Å². The molecule has 0 fully saturated rings. The molecule has 0 spiro atoms. The van der Waals surface area contributed by atoms with Crippen LogP contribution in [0, 0.1) is 11.6 Å². The molecule has 2 nitrogen and oxygen atoms in total. The number of halogens is 3. The second kappa shape index (κ2) is 6.68. The second-order valence-corrected chi connectivity index (χ2v) is 4.70. The van der Waals surface area contributed by atoms with Gasteiger partial charge in [-0.05, 0) is 42.8 Å². The van der Waals surface area contributed by atoms with Gasteiger partial charge in [0.2, 0.25) is 0 Å². The minimum absolute atomic E-state index is 0.0924. The molecule has 0 atom stereocenters. The predicted octanol–water partition coefficient (Wildman–Crippen LogP) is 3.70. The second-order valence-electron chi connectivity index (χ2n) is 4.29. The van der Waals surface area contributed by atoms with E-state index in [1.54, 1.807) is 12.1 Å². The molecule has 0 aromatic heterocycles. The van der Waals surface area contributed by atoms with Gasteiger partial charge < -0.3 is 10.5 Å². The summed E-state index contributed by atoms with van der Waals surface area (Å²) in [6, 6.07) is 8.56. The van der Waals surface area contributed by atoms with Crippen molar-refractivity contribution in [2.75, 3.05) is 6.54 Å². The van der Waals surface area contributed by atoms with Crippen LogP contribution in [0.3, 0.4) is 0 Å². The first kappa shape index (κ1) is 14.8. The van der Waals surface area contributed by atoms with Gasteiger partial charge >= 0.3 is 0 Å². The average molecular weight is 298 g/mol. The molecule has 0 radical (unpaired) electrons. The lowest BCUT2D eigenvalue weighted by Crippen LogP contribution is -2.06. The summed E-state index contributed by atoms with van der Waals surface area (Å²) in [4.78, 5) is 0. The first-order chi connectivity index (χ1) is 9.61. The summed E-state index contributed by atoms with van der Waals surface area (Å²) in [5.74, 6) is -0.562. The molecule has 2 aromatic carbocycles. The highest BCUT2D eigenvalue weighted by atomic mass is 35.5. The van der Waals surface area contributed by atoms with Gasteiger partial charge in [0.25, 0.3) is 0 Å². The smallest absolute Gasteiger partial charge is 0.141 e. The number of nitrogens with two attached hydrogens (primary N) is 1. The Labute approximate surface area is 121 Å². The van der Waals surface area contributed by atoms with Crippen molar-refractivity contribution in [3.8, 4) is 5.75 Å². The number of benzene rings is 2. The zero-order valence-electron chi connectivity index (χ0n) is 10.7. The normalized spacial score (nSPS) is 10.6. The quantitative estimate of drug-likeness (QED) is 0.913. The fourth-order valence-electron chi connectivity index (χ4n) is 1.87. The van der Waals surface area contributed by atoms with Gasteiger partial charge in [-0.15, -0.1) is 0 Å². The molecule has 0 saturated heterocycles. The van der Waals surface area contributed by atoms with Gasteiger partial charge in [-0.1, -0.05) is 23.7 Å². The summed E-state index contributed by atoms with van der Waals surface area (Å²) in [5, 5.41) is 0.424. The summed E-state index contributed by atoms with van der Waals surface area (Å²) in [6.07, 6.45) is 0.599. The Morgan fingerprint density at radius 1 is 1.10 bits per heavy atom. The van der Waals surface area contributed by atoms with Gasteiger partial charge in [0.1, 0.15) is 24.0 Å². The van der Waals surface area contributed by atoms with E-state index >= 15 is 0 Å². The van der Waals surface area contributed by atoms with Gasteiger partial charge in [-0.25, -0.2) is 8.78 Å². The number of para-hydroxylation sites is 1. The Hall–Kier alpha value is -1.65. The van der Waals surface area contributed by atoms with Crippen molar-refractivity contribution in [1.82, 2.24) is 0 Å². The van der Waals surface area contributed by atoms with Gasteiger partial charge in [0.15, 0.2) is 0 Å². The fraction of sp³-hybridized carbons (Fsp3) is 0.200. The van der Waals surface area contributed by atoms with E-state index in [2.05, 4.69) is 0 Å². The summed E-state index contributed by atoms with van der Waals surface area (Å²) in [5.41, 5.74) is 6.51. The molecule has 106 valence electrons. The lowest BCUT2D eigenvalue weighted by atomic mass is 10.1. The van der Waals surface area contributed by atoms with Crippen LogP contribution in [-0.2, 0) is 13.0 Å². The summed E-state index contributed by atoms with van der Waals surface area (Å²) < 4.78 is 32.2. The third kappa shape index (κ3) is 3.46. The monoisotopic (exact) mass is 297 g/mol. The van der Waals surface area contributed by atoms with E-state index in [0.29, 0.717) is 23.7 Å². The average Bonchev–Trinajstić information content (AvgIpc) is 2.42. The molecule has 20 heavy (non-hydrogen) atoms. The maximum atomic E-state index is 13.5. The molecule has 0 unspecified atom stereocenters. The maximum Gasteiger partial charge on any atom is 0.141 e. The molecule has 0 amide bonds. The molecule has 2 N–H and O–H groups in total. The Morgan fingerprint density at radius 2 is 1.90 bits per heavy atom. The van der Waals surface area contributed by atoms with Crippen molar-refractivity contribution in [1.29, 1.82) is 0 Å². The van der Waals surface area contributed by atoms with Gasteiger partial charge in [0.05, 0.1) is 5.02 Å².